The minimum Gasteiger partial charge on any atom is -0.491 e. The molecule has 0 bridgehead atoms. The first-order valence-corrected chi connectivity index (χ1v) is 10.5. The molecule has 138 valence electrons. The van der Waals surface area contributed by atoms with Gasteiger partial charge in [-0.3, -0.25) is 4.79 Å². The van der Waals surface area contributed by atoms with E-state index in [0.717, 1.165) is 19.9 Å². The zero-order chi connectivity index (χ0) is 19.2. The summed E-state index contributed by atoms with van der Waals surface area (Å²) in [5, 5.41) is 0. The molecule has 3 rings (SSSR count). The van der Waals surface area contributed by atoms with Crippen LogP contribution in [0.4, 0.5) is 5.69 Å². The summed E-state index contributed by atoms with van der Waals surface area (Å²) in [6, 6.07) is 23.1. The average Bonchev–Trinajstić information content (AvgIpc) is 2.68. The van der Waals surface area contributed by atoms with E-state index in [4.69, 9.17) is 4.74 Å². The standard InChI is InChI=1S/C22H20INO2S/c1-15(2)26-18-9-11-19(12-10-18)27-24-21-13-8-17(23)14-20(21)22(25)16-6-4-3-5-7-16/h3-15,24H,1-2H3. The third-order valence-corrected chi connectivity index (χ3v) is 5.24. The van der Waals surface area contributed by atoms with Gasteiger partial charge in [0, 0.05) is 19.6 Å². The molecular formula is C22H20INO2S. The zero-order valence-electron chi connectivity index (χ0n) is 15.1. The molecule has 5 heteroatoms. The van der Waals surface area contributed by atoms with Gasteiger partial charge in [0.1, 0.15) is 5.75 Å². The van der Waals surface area contributed by atoms with Gasteiger partial charge in [-0.05, 0) is 90.9 Å². The van der Waals surface area contributed by atoms with E-state index < -0.39 is 0 Å². The van der Waals surface area contributed by atoms with E-state index in [1.54, 1.807) is 0 Å². The Hall–Kier alpha value is -1.99. The molecular weight excluding hydrogens is 469 g/mol. The van der Waals surface area contributed by atoms with E-state index in [-0.39, 0.29) is 11.9 Å². The molecule has 0 spiro atoms. The van der Waals surface area contributed by atoms with Crippen molar-refractivity contribution in [1.82, 2.24) is 0 Å². The minimum atomic E-state index is 0.0119. The predicted octanol–water partition coefficient (Wildman–Crippen LogP) is 6.43. The highest BCUT2D eigenvalue weighted by molar-refractivity contribution is 14.1. The third kappa shape index (κ3) is 5.49. The summed E-state index contributed by atoms with van der Waals surface area (Å²) in [6.45, 7) is 4.01. The summed E-state index contributed by atoms with van der Waals surface area (Å²) < 4.78 is 10.0. The van der Waals surface area contributed by atoms with Crippen LogP contribution in [0.1, 0.15) is 29.8 Å². The Morgan fingerprint density at radius 1 is 1.00 bits per heavy atom. The van der Waals surface area contributed by atoms with Crippen LogP contribution in [0.25, 0.3) is 0 Å². The molecule has 3 aromatic rings. The highest BCUT2D eigenvalue weighted by Gasteiger charge is 2.14. The van der Waals surface area contributed by atoms with E-state index in [0.29, 0.717) is 11.1 Å². The number of carbonyl (C=O) groups excluding carboxylic acids is 1. The fraction of sp³-hybridized carbons (Fsp3) is 0.136. The van der Waals surface area contributed by atoms with Crippen LogP contribution in [0.2, 0.25) is 0 Å². The second-order valence-corrected chi connectivity index (χ2v) is 8.35. The molecule has 0 aliphatic rings. The summed E-state index contributed by atoms with van der Waals surface area (Å²) in [7, 11) is 0. The molecule has 27 heavy (non-hydrogen) atoms. The van der Waals surface area contributed by atoms with Gasteiger partial charge in [-0.25, -0.2) is 0 Å². The van der Waals surface area contributed by atoms with Gasteiger partial charge in [0.25, 0.3) is 0 Å². The Bertz CT molecular complexity index is 911. The van der Waals surface area contributed by atoms with Crippen molar-refractivity contribution in [3.8, 4) is 5.75 Å². The van der Waals surface area contributed by atoms with Crippen molar-refractivity contribution in [2.24, 2.45) is 0 Å². The molecule has 1 N–H and O–H groups in total. The van der Waals surface area contributed by atoms with Crippen molar-refractivity contribution in [1.29, 1.82) is 0 Å². The molecule has 0 aliphatic carbocycles. The number of halogens is 1. The van der Waals surface area contributed by atoms with Crippen molar-refractivity contribution >= 4 is 46.0 Å². The highest BCUT2D eigenvalue weighted by Crippen LogP contribution is 2.28. The molecule has 3 nitrogen and oxygen atoms in total. The van der Waals surface area contributed by atoms with Crippen molar-refractivity contribution in [3.05, 3.63) is 87.5 Å². The van der Waals surface area contributed by atoms with Crippen LogP contribution in [-0.2, 0) is 0 Å². The molecule has 3 aromatic carbocycles. The first kappa shape index (κ1) is 19.8. The van der Waals surface area contributed by atoms with E-state index in [1.165, 1.54) is 11.9 Å². The predicted molar refractivity (Wildman–Crippen MR) is 121 cm³/mol. The lowest BCUT2D eigenvalue weighted by atomic mass is 10.0. The number of benzene rings is 3. The van der Waals surface area contributed by atoms with Gasteiger partial charge >= 0.3 is 0 Å². The van der Waals surface area contributed by atoms with Gasteiger partial charge < -0.3 is 9.46 Å². The fourth-order valence-electron chi connectivity index (χ4n) is 2.51. The van der Waals surface area contributed by atoms with Crippen molar-refractivity contribution in [3.63, 3.8) is 0 Å². The maximum absolute atomic E-state index is 12.9. The van der Waals surface area contributed by atoms with Crippen LogP contribution in [0.3, 0.4) is 0 Å². The molecule has 0 saturated heterocycles. The van der Waals surface area contributed by atoms with E-state index in [2.05, 4.69) is 27.3 Å². The van der Waals surface area contributed by atoms with E-state index >= 15 is 0 Å². The summed E-state index contributed by atoms with van der Waals surface area (Å²) in [5.41, 5.74) is 2.15. The first-order chi connectivity index (χ1) is 13.0. The van der Waals surface area contributed by atoms with E-state index in [1.807, 2.05) is 86.6 Å². The Morgan fingerprint density at radius 2 is 1.70 bits per heavy atom. The van der Waals surface area contributed by atoms with Crippen LogP contribution in [0.15, 0.2) is 77.7 Å². The lowest BCUT2D eigenvalue weighted by molar-refractivity contribution is 0.103. The zero-order valence-corrected chi connectivity index (χ0v) is 18.1. The smallest absolute Gasteiger partial charge is 0.195 e. The molecule has 0 unspecified atom stereocenters. The number of anilines is 1. The average molecular weight is 489 g/mol. The van der Waals surface area contributed by atoms with Crippen LogP contribution < -0.4 is 9.46 Å². The van der Waals surface area contributed by atoms with Crippen LogP contribution >= 0.6 is 34.5 Å². The normalized spacial score (nSPS) is 10.7. The molecule has 0 amide bonds. The number of ketones is 1. The van der Waals surface area contributed by atoms with Gasteiger partial charge in [0.15, 0.2) is 5.78 Å². The lowest BCUT2D eigenvalue weighted by Gasteiger charge is -2.13. The highest BCUT2D eigenvalue weighted by atomic mass is 127. The second-order valence-electron chi connectivity index (χ2n) is 6.23. The van der Waals surface area contributed by atoms with Gasteiger partial charge in [-0.1, -0.05) is 30.3 Å². The summed E-state index contributed by atoms with van der Waals surface area (Å²) in [5.74, 6) is 0.862. The van der Waals surface area contributed by atoms with Crippen molar-refractivity contribution in [2.45, 2.75) is 24.8 Å². The number of ether oxygens (including phenoxy) is 1. The Labute approximate surface area is 177 Å². The quantitative estimate of drug-likeness (QED) is 0.236. The molecule has 0 atom stereocenters. The van der Waals surface area contributed by atoms with Crippen LogP contribution in [0, 0.1) is 3.57 Å². The van der Waals surface area contributed by atoms with Gasteiger partial charge in [-0.2, -0.15) is 0 Å². The lowest BCUT2D eigenvalue weighted by Crippen LogP contribution is -2.05. The summed E-state index contributed by atoms with van der Waals surface area (Å²) >= 11 is 3.70. The van der Waals surface area contributed by atoms with Crippen molar-refractivity contribution in [2.75, 3.05) is 4.72 Å². The Kier molecular flexibility index (Phi) is 6.79. The Balaban J connectivity index is 1.76. The maximum Gasteiger partial charge on any atom is 0.195 e. The SMILES string of the molecule is CC(C)Oc1ccc(SNc2ccc(I)cc2C(=O)c2ccccc2)cc1. The summed E-state index contributed by atoms with van der Waals surface area (Å²) in [6.07, 6.45) is 0.153. The minimum absolute atomic E-state index is 0.0119. The molecule has 0 aliphatic heterocycles. The third-order valence-electron chi connectivity index (χ3n) is 3.74. The van der Waals surface area contributed by atoms with Gasteiger partial charge in [0.05, 0.1) is 11.8 Å². The van der Waals surface area contributed by atoms with Gasteiger partial charge in [0.2, 0.25) is 0 Å². The fourth-order valence-corrected chi connectivity index (χ4v) is 3.68. The Morgan fingerprint density at radius 3 is 2.37 bits per heavy atom. The largest absolute Gasteiger partial charge is 0.491 e. The monoisotopic (exact) mass is 489 g/mol. The van der Waals surface area contributed by atoms with E-state index in [9.17, 15) is 4.79 Å². The van der Waals surface area contributed by atoms with Crippen molar-refractivity contribution < 1.29 is 9.53 Å². The topological polar surface area (TPSA) is 38.3 Å². The molecule has 0 fully saturated rings. The molecule has 0 saturated carbocycles. The molecule has 0 heterocycles. The maximum atomic E-state index is 12.9. The number of rotatable bonds is 7. The summed E-state index contributed by atoms with van der Waals surface area (Å²) in [4.78, 5) is 14.0. The van der Waals surface area contributed by atoms with Crippen LogP contribution in [0.5, 0.6) is 5.75 Å². The first-order valence-electron chi connectivity index (χ1n) is 8.62. The number of hydrogen-bond donors (Lipinski definition) is 1. The number of hydrogen-bond acceptors (Lipinski definition) is 4. The molecule has 0 aromatic heterocycles. The number of nitrogens with one attached hydrogen (secondary N) is 1. The van der Waals surface area contributed by atoms with Gasteiger partial charge in [-0.15, -0.1) is 0 Å². The molecule has 0 radical (unpaired) electrons. The van der Waals surface area contributed by atoms with Crippen LogP contribution in [-0.4, -0.2) is 11.9 Å². The second kappa shape index (κ2) is 9.28. The number of carbonyl (C=O) groups is 1.